The Labute approximate surface area is 94.7 Å². The number of hydrogen-bond acceptors (Lipinski definition) is 1. The van der Waals surface area contributed by atoms with Crippen LogP contribution in [0.5, 0.6) is 0 Å². The van der Waals surface area contributed by atoms with Gasteiger partial charge in [-0.3, -0.25) is 4.57 Å². The van der Waals surface area contributed by atoms with Crippen LogP contribution in [0.1, 0.15) is 5.56 Å². The first-order valence-corrected chi connectivity index (χ1v) is 4.81. The number of imidazole rings is 1. The van der Waals surface area contributed by atoms with E-state index in [1.165, 1.54) is 36.1 Å². The van der Waals surface area contributed by atoms with Gasteiger partial charge in [0.25, 0.3) is 0 Å². The minimum absolute atomic E-state index is 0.199. The molecule has 0 N–H and O–H groups in total. The summed E-state index contributed by atoms with van der Waals surface area (Å²) in [7, 11) is 1.53. The van der Waals surface area contributed by atoms with E-state index in [9.17, 15) is 18.0 Å². The molecular weight excluding hydrogens is 233 g/mol. The van der Waals surface area contributed by atoms with Crippen LogP contribution in [0.2, 0.25) is 0 Å². The summed E-state index contributed by atoms with van der Waals surface area (Å²) >= 11 is 0. The van der Waals surface area contributed by atoms with Crippen LogP contribution in [0.25, 0.3) is 5.69 Å². The van der Waals surface area contributed by atoms with Crippen LogP contribution in [-0.2, 0) is 13.2 Å². The molecule has 0 fully saturated rings. The Balaban J connectivity index is 2.55. The molecule has 0 saturated heterocycles. The van der Waals surface area contributed by atoms with E-state index in [0.717, 1.165) is 16.7 Å². The van der Waals surface area contributed by atoms with Gasteiger partial charge in [0.15, 0.2) is 0 Å². The molecule has 6 heteroatoms. The highest BCUT2D eigenvalue weighted by molar-refractivity contribution is 5.37. The minimum Gasteiger partial charge on any atom is -0.302 e. The predicted octanol–water partition coefficient (Wildman–Crippen LogP) is 2.19. The number of nitrogens with zero attached hydrogens (tertiary/aromatic N) is 2. The molecule has 0 aliphatic rings. The van der Waals surface area contributed by atoms with E-state index in [1.807, 2.05) is 0 Å². The van der Waals surface area contributed by atoms with Crippen molar-refractivity contribution >= 4 is 0 Å². The van der Waals surface area contributed by atoms with Crippen LogP contribution < -0.4 is 5.69 Å². The van der Waals surface area contributed by atoms with Gasteiger partial charge in [-0.15, -0.1) is 0 Å². The van der Waals surface area contributed by atoms with Gasteiger partial charge >= 0.3 is 11.9 Å². The molecular formula is C11H9F3N2O. The standard InChI is InChI=1S/C11H9F3N2O/c1-15-5-6-16(10(15)17)9-4-2-3-8(7-9)11(12,13)14/h2-7H,1H3. The number of aromatic nitrogens is 2. The molecule has 0 bridgehead atoms. The third-order valence-corrected chi connectivity index (χ3v) is 2.40. The molecule has 1 aromatic heterocycles. The average Bonchev–Trinajstić information content (AvgIpc) is 2.59. The van der Waals surface area contributed by atoms with Crippen molar-refractivity contribution in [2.24, 2.45) is 7.05 Å². The highest BCUT2D eigenvalue weighted by Gasteiger charge is 2.30. The molecule has 2 rings (SSSR count). The summed E-state index contributed by atoms with van der Waals surface area (Å²) in [5.41, 5.74) is -0.958. The van der Waals surface area contributed by atoms with Gasteiger partial charge in [0.2, 0.25) is 0 Å². The van der Waals surface area contributed by atoms with Crippen molar-refractivity contribution in [3.63, 3.8) is 0 Å². The summed E-state index contributed by atoms with van der Waals surface area (Å²) in [5.74, 6) is 0. The molecule has 90 valence electrons. The topological polar surface area (TPSA) is 26.9 Å². The highest BCUT2D eigenvalue weighted by Crippen LogP contribution is 2.29. The van der Waals surface area contributed by atoms with Crippen LogP contribution in [-0.4, -0.2) is 9.13 Å². The van der Waals surface area contributed by atoms with E-state index in [2.05, 4.69) is 0 Å². The van der Waals surface area contributed by atoms with E-state index in [-0.39, 0.29) is 11.4 Å². The number of alkyl halides is 3. The minimum atomic E-state index is -4.41. The number of benzene rings is 1. The van der Waals surface area contributed by atoms with E-state index >= 15 is 0 Å². The van der Waals surface area contributed by atoms with Crippen LogP contribution >= 0.6 is 0 Å². The molecule has 1 aromatic carbocycles. The number of hydrogen-bond donors (Lipinski definition) is 0. The summed E-state index contributed by atoms with van der Waals surface area (Å²) in [6.45, 7) is 0. The lowest BCUT2D eigenvalue weighted by molar-refractivity contribution is -0.137. The molecule has 0 aliphatic carbocycles. The van der Waals surface area contributed by atoms with Crippen molar-refractivity contribution in [1.82, 2.24) is 9.13 Å². The van der Waals surface area contributed by atoms with Gasteiger partial charge in [-0.05, 0) is 18.2 Å². The van der Waals surface area contributed by atoms with E-state index in [4.69, 9.17) is 0 Å². The number of halogens is 3. The van der Waals surface area contributed by atoms with Gasteiger partial charge in [-0.2, -0.15) is 13.2 Å². The molecule has 0 spiro atoms. The van der Waals surface area contributed by atoms with E-state index in [0.29, 0.717) is 0 Å². The zero-order valence-corrected chi connectivity index (χ0v) is 8.90. The fourth-order valence-corrected chi connectivity index (χ4v) is 1.49. The molecule has 0 saturated carbocycles. The Hall–Kier alpha value is -1.98. The maximum Gasteiger partial charge on any atom is 0.416 e. The van der Waals surface area contributed by atoms with Crippen LogP contribution in [0.4, 0.5) is 13.2 Å². The van der Waals surface area contributed by atoms with Crippen molar-refractivity contribution in [1.29, 1.82) is 0 Å². The molecule has 0 atom stereocenters. The molecule has 0 unspecified atom stereocenters. The lowest BCUT2D eigenvalue weighted by atomic mass is 10.2. The SMILES string of the molecule is Cn1ccn(-c2cccc(C(F)(F)F)c2)c1=O. The summed E-state index contributed by atoms with van der Waals surface area (Å²) in [4.78, 5) is 11.6. The second kappa shape index (κ2) is 3.80. The second-order valence-corrected chi connectivity index (χ2v) is 3.61. The van der Waals surface area contributed by atoms with Crippen molar-refractivity contribution in [3.8, 4) is 5.69 Å². The van der Waals surface area contributed by atoms with E-state index < -0.39 is 11.7 Å². The van der Waals surface area contributed by atoms with Crippen molar-refractivity contribution < 1.29 is 13.2 Å². The Kier molecular flexibility index (Phi) is 2.57. The van der Waals surface area contributed by atoms with Gasteiger partial charge in [0.1, 0.15) is 0 Å². The summed E-state index contributed by atoms with van der Waals surface area (Å²) in [6.07, 6.45) is -1.49. The second-order valence-electron chi connectivity index (χ2n) is 3.61. The first-order chi connectivity index (χ1) is 7.89. The quantitative estimate of drug-likeness (QED) is 0.753. The van der Waals surface area contributed by atoms with Gasteiger partial charge in [-0.1, -0.05) is 6.07 Å². The van der Waals surface area contributed by atoms with Crippen LogP contribution in [0, 0.1) is 0 Å². The molecule has 0 amide bonds. The van der Waals surface area contributed by atoms with Crippen molar-refractivity contribution in [3.05, 3.63) is 52.7 Å². The average molecular weight is 242 g/mol. The first-order valence-electron chi connectivity index (χ1n) is 4.81. The third kappa shape index (κ3) is 2.11. The largest absolute Gasteiger partial charge is 0.416 e. The predicted molar refractivity (Wildman–Crippen MR) is 56.0 cm³/mol. The Morgan fingerprint density at radius 1 is 1.18 bits per heavy atom. The van der Waals surface area contributed by atoms with Crippen LogP contribution in [0.15, 0.2) is 41.5 Å². The number of rotatable bonds is 1. The van der Waals surface area contributed by atoms with Gasteiger partial charge in [-0.25, -0.2) is 4.79 Å². The van der Waals surface area contributed by atoms with Crippen molar-refractivity contribution in [2.45, 2.75) is 6.18 Å². The van der Waals surface area contributed by atoms with Gasteiger partial charge < -0.3 is 4.57 Å². The third-order valence-electron chi connectivity index (χ3n) is 2.40. The Morgan fingerprint density at radius 3 is 2.41 bits per heavy atom. The molecule has 3 nitrogen and oxygen atoms in total. The fourth-order valence-electron chi connectivity index (χ4n) is 1.49. The zero-order chi connectivity index (χ0) is 12.6. The zero-order valence-electron chi connectivity index (χ0n) is 8.90. The molecule has 2 aromatic rings. The Morgan fingerprint density at radius 2 is 1.88 bits per heavy atom. The molecule has 0 aliphatic heterocycles. The summed E-state index contributed by atoms with van der Waals surface area (Å²) in [6, 6.07) is 4.65. The first kappa shape index (κ1) is 11.5. The smallest absolute Gasteiger partial charge is 0.302 e. The monoisotopic (exact) mass is 242 g/mol. The maximum absolute atomic E-state index is 12.5. The fraction of sp³-hybridized carbons (Fsp3) is 0.182. The molecule has 1 heterocycles. The molecule has 0 radical (unpaired) electrons. The van der Waals surface area contributed by atoms with Gasteiger partial charge in [0.05, 0.1) is 11.3 Å². The summed E-state index contributed by atoms with van der Waals surface area (Å²) < 4.78 is 39.9. The van der Waals surface area contributed by atoms with Gasteiger partial charge in [0, 0.05) is 19.4 Å². The van der Waals surface area contributed by atoms with Crippen molar-refractivity contribution in [2.75, 3.05) is 0 Å². The highest BCUT2D eigenvalue weighted by atomic mass is 19.4. The molecule has 17 heavy (non-hydrogen) atoms. The lowest BCUT2D eigenvalue weighted by Gasteiger charge is -2.08. The normalized spacial score (nSPS) is 11.8. The lowest BCUT2D eigenvalue weighted by Crippen LogP contribution is -2.20. The Bertz CT molecular complexity index is 595. The summed E-state index contributed by atoms with van der Waals surface area (Å²) in [5, 5.41) is 0. The van der Waals surface area contributed by atoms with E-state index in [1.54, 1.807) is 0 Å². The van der Waals surface area contributed by atoms with Crippen LogP contribution in [0.3, 0.4) is 0 Å². The maximum atomic E-state index is 12.5. The number of aryl methyl sites for hydroxylation is 1.